The first-order chi connectivity index (χ1) is 23.0. The predicted molar refractivity (Wildman–Crippen MR) is 202 cm³/mol. The molecule has 0 saturated carbocycles. The van der Waals surface area contributed by atoms with Crippen LogP contribution in [-0.2, 0) is 19.1 Å². The van der Waals surface area contributed by atoms with Crippen molar-refractivity contribution in [3.63, 3.8) is 0 Å². The molecule has 0 bridgehead atoms. The Morgan fingerprint density at radius 1 is 0.319 bits per heavy atom. The van der Waals surface area contributed by atoms with Crippen LogP contribution in [0.4, 0.5) is 0 Å². The average Bonchev–Trinajstić information content (AvgIpc) is 3.05. The van der Waals surface area contributed by atoms with Gasteiger partial charge in [-0.25, -0.2) is 0 Å². The molecule has 0 rings (SSSR count). The van der Waals surface area contributed by atoms with Crippen molar-refractivity contribution < 1.29 is 24.2 Å². The third-order valence-corrected chi connectivity index (χ3v) is 9.19. The van der Waals surface area contributed by atoms with E-state index in [4.69, 9.17) is 9.84 Å². The molecule has 1 N–H and O–H groups in total. The number of ether oxygens (including phenoxy) is 1. The molecule has 0 atom stereocenters. The van der Waals surface area contributed by atoms with E-state index in [2.05, 4.69) is 20.8 Å². The number of unbranched alkanes of at least 4 members (excludes halogenated alkanes) is 30. The van der Waals surface area contributed by atoms with Crippen LogP contribution in [0, 0.1) is 0 Å². The fraction of sp³-hybridized carbons (Fsp3) is 0.929. The molecule has 0 aliphatic rings. The van der Waals surface area contributed by atoms with Gasteiger partial charge in [0.1, 0.15) is 0 Å². The SMILES string of the molecule is CCCCCCCCCCCCCC(=O)OC(=O)CCCCCCCCC.CCCCCCCCCCCCCCCCCC(=O)O. The third-order valence-electron chi connectivity index (χ3n) is 9.19. The van der Waals surface area contributed by atoms with Crippen LogP contribution in [0.25, 0.3) is 0 Å². The minimum Gasteiger partial charge on any atom is -0.481 e. The zero-order valence-corrected chi connectivity index (χ0v) is 32.0. The van der Waals surface area contributed by atoms with E-state index in [1.165, 1.54) is 173 Å². The van der Waals surface area contributed by atoms with E-state index in [0.717, 1.165) is 38.5 Å². The molecule has 0 spiro atoms. The maximum absolute atomic E-state index is 11.7. The first-order valence-corrected chi connectivity index (χ1v) is 20.9. The van der Waals surface area contributed by atoms with Crippen molar-refractivity contribution in [1.82, 2.24) is 0 Å². The van der Waals surface area contributed by atoms with E-state index in [1.54, 1.807) is 0 Å². The maximum atomic E-state index is 11.7. The van der Waals surface area contributed by atoms with Gasteiger partial charge in [-0.3, -0.25) is 14.4 Å². The van der Waals surface area contributed by atoms with Crippen molar-refractivity contribution in [3.05, 3.63) is 0 Å². The second-order valence-electron chi connectivity index (χ2n) is 14.1. The maximum Gasteiger partial charge on any atom is 0.313 e. The van der Waals surface area contributed by atoms with Crippen molar-refractivity contribution >= 4 is 17.9 Å². The van der Waals surface area contributed by atoms with Crippen LogP contribution >= 0.6 is 0 Å². The van der Waals surface area contributed by atoms with Crippen molar-refractivity contribution in [3.8, 4) is 0 Å². The minimum absolute atomic E-state index is 0.334. The van der Waals surface area contributed by atoms with Crippen molar-refractivity contribution in [2.24, 2.45) is 0 Å². The Hall–Kier alpha value is -1.39. The molecular formula is C42H82O5. The first-order valence-electron chi connectivity index (χ1n) is 20.9. The molecule has 0 amide bonds. The molecule has 0 aromatic rings. The molecule has 47 heavy (non-hydrogen) atoms. The standard InChI is InChI=1S/C24H46O3.C18H36O2/c1-3-5-7-9-11-12-13-14-16-18-20-22-24(26)27-23(25)21-19-17-15-10-8-6-4-2;1-2-3-4-5-6-7-8-9-10-11-12-13-14-15-16-17-18(19)20/h3-22H2,1-2H3;2-17H2,1H3,(H,19,20). The Kier molecular flexibility index (Phi) is 43.3. The molecule has 0 aromatic heterocycles. The molecule has 0 aliphatic heterocycles. The van der Waals surface area contributed by atoms with Gasteiger partial charge in [0.15, 0.2) is 0 Å². The van der Waals surface area contributed by atoms with Gasteiger partial charge in [0.05, 0.1) is 0 Å². The highest BCUT2D eigenvalue weighted by atomic mass is 16.6. The Balaban J connectivity index is 0. The number of hydrogen-bond acceptors (Lipinski definition) is 4. The summed E-state index contributed by atoms with van der Waals surface area (Å²) in [6, 6.07) is 0. The van der Waals surface area contributed by atoms with Gasteiger partial charge < -0.3 is 9.84 Å². The first kappa shape index (κ1) is 47.7. The summed E-state index contributed by atoms with van der Waals surface area (Å²) in [5.74, 6) is -1.32. The Morgan fingerprint density at radius 3 is 0.723 bits per heavy atom. The summed E-state index contributed by atoms with van der Waals surface area (Å²) < 4.78 is 4.91. The van der Waals surface area contributed by atoms with Crippen LogP contribution < -0.4 is 0 Å². The lowest BCUT2D eigenvalue weighted by atomic mass is 10.0. The van der Waals surface area contributed by atoms with Crippen LogP contribution in [0.3, 0.4) is 0 Å². The van der Waals surface area contributed by atoms with Gasteiger partial charge in [0.2, 0.25) is 0 Å². The van der Waals surface area contributed by atoms with Crippen LogP contribution in [0.2, 0.25) is 0 Å². The Bertz CT molecular complexity index is 647. The Morgan fingerprint density at radius 2 is 0.511 bits per heavy atom. The highest BCUT2D eigenvalue weighted by molar-refractivity contribution is 5.85. The summed E-state index contributed by atoms with van der Waals surface area (Å²) in [6.45, 7) is 6.73. The smallest absolute Gasteiger partial charge is 0.313 e. The van der Waals surface area contributed by atoms with E-state index >= 15 is 0 Å². The summed E-state index contributed by atoms with van der Waals surface area (Å²) in [4.78, 5) is 33.7. The fourth-order valence-corrected chi connectivity index (χ4v) is 6.04. The Labute approximate surface area is 293 Å². The second-order valence-corrected chi connectivity index (χ2v) is 14.1. The molecule has 0 unspecified atom stereocenters. The molecule has 0 radical (unpaired) electrons. The van der Waals surface area contributed by atoms with Gasteiger partial charge in [0, 0.05) is 19.3 Å². The normalized spacial score (nSPS) is 10.9. The summed E-state index contributed by atoms with van der Waals surface area (Å²) in [6.07, 6.45) is 43.0. The summed E-state index contributed by atoms with van der Waals surface area (Å²) in [5, 5.41) is 8.52. The lowest BCUT2D eigenvalue weighted by Crippen LogP contribution is -2.11. The molecule has 5 nitrogen and oxygen atoms in total. The van der Waals surface area contributed by atoms with Crippen molar-refractivity contribution in [1.29, 1.82) is 0 Å². The highest BCUT2D eigenvalue weighted by Crippen LogP contribution is 2.15. The van der Waals surface area contributed by atoms with Gasteiger partial charge in [0.25, 0.3) is 0 Å². The van der Waals surface area contributed by atoms with E-state index in [0.29, 0.717) is 19.3 Å². The number of aliphatic carboxylic acids is 1. The van der Waals surface area contributed by atoms with Gasteiger partial charge in [-0.2, -0.15) is 0 Å². The molecule has 0 aliphatic carbocycles. The zero-order chi connectivity index (χ0) is 34.9. The number of hydrogen-bond donors (Lipinski definition) is 1. The van der Waals surface area contributed by atoms with E-state index in [-0.39, 0.29) is 11.9 Å². The number of carbonyl (C=O) groups is 3. The largest absolute Gasteiger partial charge is 0.481 e. The number of esters is 2. The van der Waals surface area contributed by atoms with Crippen LogP contribution in [0.5, 0.6) is 0 Å². The summed E-state index contributed by atoms with van der Waals surface area (Å²) in [7, 11) is 0. The van der Waals surface area contributed by atoms with Crippen molar-refractivity contribution in [2.45, 2.75) is 252 Å². The minimum atomic E-state index is -0.653. The summed E-state index contributed by atoms with van der Waals surface area (Å²) in [5.41, 5.74) is 0. The predicted octanol–water partition coefficient (Wildman–Crippen LogP) is 14.2. The van der Waals surface area contributed by atoms with E-state index < -0.39 is 5.97 Å². The highest BCUT2D eigenvalue weighted by Gasteiger charge is 2.10. The van der Waals surface area contributed by atoms with Crippen LogP contribution in [0.1, 0.15) is 252 Å². The van der Waals surface area contributed by atoms with Gasteiger partial charge >= 0.3 is 17.9 Å². The van der Waals surface area contributed by atoms with Gasteiger partial charge in [-0.15, -0.1) is 0 Å². The lowest BCUT2D eigenvalue weighted by molar-refractivity contribution is -0.159. The van der Waals surface area contributed by atoms with Crippen LogP contribution in [-0.4, -0.2) is 23.0 Å². The molecule has 0 aromatic carbocycles. The second kappa shape index (κ2) is 42.6. The molecule has 0 heterocycles. The number of carboxylic acid groups (broad SMARTS) is 1. The monoisotopic (exact) mass is 667 g/mol. The topological polar surface area (TPSA) is 80.7 Å². The average molecular weight is 667 g/mol. The lowest BCUT2D eigenvalue weighted by Gasteiger charge is -2.04. The van der Waals surface area contributed by atoms with E-state index in [1.807, 2.05) is 0 Å². The van der Waals surface area contributed by atoms with Crippen molar-refractivity contribution in [2.75, 3.05) is 0 Å². The quantitative estimate of drug-likeness (QED) is 0.0409. The number of carboxylic acids is 1. The van der Waals surface area contributed by atoms with Gasteiger partial charge in [-0.1, -0.05) is 213 Å². The zero-order valence-electron chi connectivity index (χ0n) is 32.0. The molecule has 0 fully saturated rings. The van der Waals surface area contributed by atoms with Gasteiger partial charge in [-0.05, 0) is 19.3 Å². The van der Waals surface area contributed by atoms with Crippen LogP contribution in [0.15, 0.2) is 0 Å². The number of rotatable bonds is 36. The van der Waals surface area contributed by atoms with E-state index in [9.17, 15) is 14.4 Å². The number of carbonyl (C=O) groups excluding carboxylic acids is 2. The molecular weight excluding hydrogens is 584 g/mol. The fourth-order valence-electron chi connectivity index (χ4n) is 6.04. The molecule has 280 valence electrons. The molecule has 5 heteroatoms. The third kappa shape index (κ3) is 46.8. The molecule has 0 saturated heterocycles. The summed E-state index contributed by atoms with van der Waals surface area (Å²) >= 11 is 0.